The Morgan fingerprint density at radius 2 is 1.12 bits per heavy atom. The summed E-state index contributed by atoms with van der Waals surface area (Å²) in [6.07, 6.45) is 3.48. The average molecular weight is 326 g/mol. The van der Waals surface area contributed by atoms with Crippen molar-refractivity contribution in [2.75, 3.05) is 13.2 Å². The molecule has 0 saturated carbocycles. The molecule has 24 heavy (non-hydrogen) atoms. The lowest BCUT2D eigenvalue weighted by Crippen LogP contribution is -2.13. The Kier molecular flexibility index (Phi) is 5.96. The summed E-state index contributed by atoms with van der Waals surface area (Å²) in [5, 5.41) is 0. The van der Waals surface area contributed by atoms with E-state index >= 15 is 0 Å². The third kappa shape index (κ3) is 4.61. The quantitative estimate of drug-likeness (QED) is 0.723. The Hall–Kier alpha value is -3.28. The fourth-order valence-electron chi connectivity index (χ4n) is 2.00. The second-order valence-electron chi connectivity index (χ2n) is 4.81. The van der Waals surface area contributed by atoms with Crippen molar-refractivity contribution >= 4 is 11.8 Å². The van der Waals surface area contributed by atoms with E-state index in [4.69, 9.17) is 20.9 Å². The van der Waals surface area contributed by atoms with E-state index in [9.17, 15) is 9.59 Å². The van der Waals surface area contributed by atoms with E-state index in [0.717, 1.165) is 0 Å². The normalized spacial score (nSPS) is 10.5. The van der Waals surface area contributed by atoms with Crippen LogP contribution in [0.3, 0.4) is 0 Å². The Morgan fingerprint density at radius 1 is 0.750 bits per heavy atom. The molecule has 0 heterocycles. The molecular formula is C18H18N2O4. The molecule has 0 aliphatic heterocycles. The van der Waals surface area contributed by atoms with Crippen LogP contribution in [0.4, 0.5) is 0 Å². The van der Waals surface area contributed by atoms with Crippen LogP contribution in [0.25, 0.3) is 0 Å². The van der Waals surface area contributed by atoms with E-state index in [1.807, 2.05) is 0 Å². The first-order valence-electron chi connectivity index (χ1n) is 7.28. The number of benzene rings is 2. The number of nitrogens with two attached hydrogens (primary N) is 2. The van der Waals surface area contributed by atoms with Crippen LogP contribution in [0.1, 0.15) is 20.7 Å². The van der Waals surface area contributed by atoms with Gasteiger partial charge in [0, 0.05) is 0 Å². The maximum atomic E-state index is 11.3. The Morgan fingerprint density at radius 3 is 1.50 bits per heavy atom. The first kappa shape index (κ1) is 17.1. The van der Waals surface area contributed by atoms with Gasteiger partial charge in [-0.1, -0.05) is 24.3 Å². The van der Waals surface area contributed by atoms with Crippen molar-refractivity contribution in [3.8, 4) is 11.5 Å². The molecule has 0 atom stereocenters. The van der Waals surface area contributed by atoms with Crippen molar-refractivity contribution in [2.45, 2.75) is 0 Å². The highest BCUT2D eigenvalue weighted by Crippen LogP contribution is 2.18. The van der Waals surface area contributed by atoms with Crippen molar-refractivity contribution in [3.63, 3.8) is 0 Å². The van der Waals surface area contributed by atoms with E-state index < -0.39 is 11.8 Å². The van der Waals surface area contributed by atoms with Crippen molar-refractivity contribution in [2.24, 2.45) is 11.5 Å². The van der Waals surface area contributed by atoms with Gasteiger partial charge in [0.1, 0.15) is 24.7 Å². The molecule has 0 bridgehead atoms. The molecule has 0 spiro atoms. The summed E-state index contributed by atoms with van der Waals surface area (Å²) in [7, 11) is 0. The second kappa shape index (κ2) is 8.38. The number of para-hydroxylation sites is 2. The van der Waals surface area contributed by atoms with E-state index in [1.165, 1.54) is 0 Å². The summed E-state index contributed by atoms with van der Waals surface area (Å²) in [6.45, 7) is 0.510. The average Bonchev–Trinajstić information content (AvgIpc) is 2.58. The van der Waals surface area contributed by atoms with Crippen LogP contribution in [0.15, 0.2) is 60.7 Å². The van der Waals surface area contributed by atoms with Gasteiger partial charge in [0.15, 0.2) is 0 Å². The number of carbonyl (C=O) groups is 2. The van der Waals surface area contributed by atoms with E-state index in [0.29, 0.717) is 22.6 Å². The van der Waals surface area contributed by atoms with Crippen LogP contribution >= 0.6 is 0 Å². The van der Waals surface area contributed by atoms with Crippen molar-refractivity contribution < 1.29 is 19.1 Å². The number of ether oxygens (including phenoxy) is 2. The molecule has 4 N–H and O–H groups in total. The molecule has 6 heteroatoms. The predicted octanol–water partition coefficient (Wildman–Crippen LogP) is 1.90. The molecule has 2 aromatic carbocycles. The summed E-state index contributed by atoms with van der Waals surface area (Å²) in [4.78, 5) is 22.5. The predicted molar refractivity (Wildman–Crippen MR) is 90.0 cm³/mol. The van der Waals surface area contributed by atoms with Crippen LogP contribution in [-0.2, 0) is 0 Å². The summed E-state index contributed by atoms with van der Waals surface area (Å²) in [5.41, 5.74) is 11.2. The Labute approximate surface area is 139 Å². The number of carbonyl (C=O) groups excluding carboxylic acids is 2. The maximum Gasteiger partial charge on any atom is 0.252 e. The van der Waals surface area contributed by atoms with Gasteiger partial charge in [0.25, 0.3) is 11.8 Å². The molecule has 2 aromatic rings. The third-order valence-corrected chi connectivity index (χ3v) is 3.14. The lowest BCUT2D eigenvalue weighted by Gasteiger charge is -2.08. The van der Waals surface area contributed by atoms with Crippen LogP contribution in [0.2, 0.25) is 0 Å². The summed E-state index contributed by atoms with van der Waals surface area (Å²) in [5.74, 6) is -0.230. The zero-order valence-corrected chi connectivity index (χ0v) is 13.0. The van der Waals surface area contributed by atoms with Crippen LogP contribution in [0, 0.1) is 0 Å². The molecule has 2 rings (SSSR count). The summed E-state index contributed by atoms with van der Waals surface area (Å²) >= 11 is 0. The van der Waals surface area contributed by atoms with E-state index in [-0.39, 0.29) is 13.2 Å². The van der Waals surface area contributed by atoms with Gasteiger partial charge in [-0.2, -0.15) is 0 Å². The third-order valence-electron chi connectivity index (χ3n) is 3.14. The van der Waals surface area contributed by atoms with Crippen molar-refractivity contribution in [1.29, 1.82) is 0 Å². The van der Waals surface area contributed by atoms with Gasteiger partial charge in [0.2, 0.25) is 0 Å². The van der Waals surface area contributed by atoms with E-state index in [2.05, 4.69) is 0 Å². The van der Waals surface area contributed by atoms with Gasteiger partial charge >= 0.3 is 0 Å². The minimum absolute atomic E-state index is 0.255. The lowest BCUT2D eigenvalue weighted by atomic mass is 10.2. The summed E-state index contributed by atoms with van der Waals surface area (Å²) in [6, 6.07) is 13.5. The monoisotopic (exact) mass is 326 g/mol. The van der Waals surface area contributed by atoms with Gasteiger partial charge in [-0.3, -0.25) is 9.59 Å². The first-order chi connectivity index (χ1) is 11.6. The molecule has 0 aromatic heterocycles. The SMILES string of the molecule is NC(=O)c1ccccc1OC/C=C\COc1ccccc1C(N)=O. The van der Waals surface area contributed by atoms with Crippen LogP contribution in [0.5, 0.6) is 11.5 Å². The zero-order chi connectivity index (χ0) is 17.4. The molecule has 0 unspecified atom stereocenters. The highest BCUT2D eigenvalue weighted by Gasteiger charge is 2.08. The molecular weight excluding hydrogens is 308 g/mol. The number of hydrogen-bond acceptors (Lipinski definition) is 4. The van der Waals surface area contributed by atoms with Crippen LogP contribution in [-0.4, -0.2) is 25.0 Å². The van der Waals surface area contributed by atoms with Gasteiger partial charge in [-0.15, -0.1) is 0 Å². The smallest absolute Gasteiger partial charge is 0.252 e. The molecule has 0 aliphatic carbocycles. The number of rotatable bonds is 8. The van der Waals surface area contributed by atoms with Crippen molar-refractivity contribution in [3.05, 3.63) is 71.8 Å². The first-order valence-corrected chi connectivity index (χ1v) is 7.28. The molecule has 0 aliphatic rings. The number of primary amides is 2. The zero-order valence-electron chi connectivity index (χ0n) is 13.0. The largest absolute Gasteiger partial charge is 0.489 e. The van der Waals surface area contributed by atoms with Crippen LogP contribution < -0.4 is 20.9 Å². The molecule has 0 radical (unpaired) electrons. The molecule has 6 nitrogen and oxygen atoms in total. The van der Waals surface area contributed by atoms with E-state index in [1.54, 1.807) is 60.7 Å². The highest BCUT2D eigenvalue weighted by atomic mass is 16.5. The van der Waals surface area contributed by atoms with Crippen molar-refractivity contribution in [1.82, 2.24) is 0 Å². The number of amides is 2. The minimum atomic E-state index is -0.541. The fourth-order valence-corrected chi connectivity index (χ4v) is 2.00. The van der Waals surface area contributed by atoms with Gasteiger partial charge in [0.05, 0.1) is 11.1 Å². The molecule has 0 saturated heterocycles. The Bertz CT molecular complexity index is 693. The molecule has 0 fully saturated rings. The standard InChI is InChI=1S/C18H18N2O4/c19-17(21)13-7-1-3-9-15(13)23-11-5-6-12-24-16-10-4-2-8-14(16)18(20)22/h1-10H,11-12H2,(H2,19,21)(H2,20,22)/b6-5-. The summed E-state index contributed by atoms with van der Waals surface area (Å²) < 4.78 is 11.0. The fraction of sp³-hybridized carbons (Fsp3) is 0.111. The second-order valence-corrected chi connectivity index (χ2v) is 4.81. The topological polar surface area (TPSA) is 105 Å². The van der Waals surface area contributed by atoms with Gasteiger partial charge in [-0.05, 0) is 36.4 Å². The lowest BCUT2D eigenvalue weighted by molar-refractivity contribution is 0.0988. The molecule has 2 amide bonds. The Balaban J connectivity index is 1.84. The molecule has 124 valence electrons. The van der Waals surface area contributed by atoms with Gasteiger partial charge < -0.3 is 20.9 Å². The maximum absolute atomic E-state index is 11.3. The number of hydrogen-bond donors (Lipinski definition) is 2. The minimum Gasteiger partial charge on any atom is -0.489 e. The van der Waals surface area contributed by atoms with Gasteiger partial charge in [-0.25, -0.2) is 0 Å². The highest BCUT2D eigenvalue weighted by molar-refractivity contribution is 5.96.